The fourth-order valence-corrected chi connectivity index (χ4v) is 2.22. The first-order valence-electron chi connectivity index (χ1n) is 7.26. The summed E-state index contributed by atoms with van der Waals surface area (Å²) >= 11 is 5.87. The molecule has 0 aliphatic rings. The zero-order valence-electron chi connectivity index (χ0n) is 13.6. The molecule has 1 amide bonds. The van der Waals surface area contributed by atoms with Crippen LogP contribution in [0, 0.1) is 11.3 Å². The number of hydrogen-bond acceptors (Lipinski definition) is 5. The maximum absolute atomic E-state index is 12.1. The predicted octanol–water partition coefficient (Wildman–Crippen LogP) is 3.44. The first-order chi connectivity index (χ1) is 11.9. The molecule has 2 aromatic rings. The van der Waals surface area contributed by atoms with Crippen LogP contribution in [0.3, 0.4) is 0 Å². The lowest BCUT2D eigenvalue weighted by atomic mass is 10.1. The number of hydrogen-bond donors (Lipinski definition) is 1. The summed E-state index contributed by atoms with van der Waals surface area (Å²) in [5, 5.41) is 12.0. The molecule has 0 aromatic heterocycles. The van der Waals surface area contributed by atoms with E-state index < -0.39 is 5.91 Å². The van der Waals surface area contributed by atoms with Crippen molar-refractivity contribution in [2.24, 2.45) is 0 Å². The van der Waals surface area contributed by atoms with Gasteiger partial charge in [0.25, 0.3) is 5.91 Å². The number of benzene rings is 2. The lowest BCUT2D eigenvalue weighted by molar-refractivity contribution is -0.118. The minimum Gasteiger partial charge on any atom is -0.493 e. The molecule has 7 heteroatoms. The molecule has 0 atom stereocenters. The number of halogens is 1. The summed E-state index contributed by atoms with van der Waals surface area (Å²) in [4.78, 5) is 23.4. The first-order valence-corrected chi connectivity index (χ1v) is 7.63. The smallest absolute Gasteiger partial charge is 0.262 e. The second kappa shape index (κ2) is 8.18. The largest absolute Gasteiger partial charge is 0.493 e. The summed E-state index contributed by atoms with van der Waals surface area (Å²) in [6.45, 7) is 1.15. The van der Waals surface area contributed by atoms with Crippen molar-refractivity contribution in [3.63, 3.8) is 0 Å². The molecule has 0 saturated heterocycles. The summed E-state index contributed by atoms with van der Waals surface area (Å²) in [6.07, 6.45) is 0. The highest BCUT2D eigenvalue weighted by molar-refractivity contribution is 6.31. The number of carbonyl (C=O) groups is 2. The number of amides is 1. The number of nitrogens with one attached hydrogen (secondary N) is 1. The summed E-state index contributed by atoms with van der Waals surface area (Å²) in [7, 11) is 1.44. The van der Waals surface area contributed by atoms with Crippen LogP contribution >= 0.6 is 11.6 Å². The van der Waals surface area contributed by atoms with Crippen LogP contribution < -0.4 is 14.8 Å². The maximum Gasteiger partial charge on any atom is 0.262 e. The van der Waals surface area contributed by atoms with Crippen LogP contribution in [0.1, 0.15) is 22.8 Å². The highest BCUT2D eigenvalue weighted by atomic mass is 35.5. The van der Waals surface area contributed by atoms with E-state index in [1.54, 1.807) is 24.3 Å². The molecule has 2 aromatic carbocycles. The van der Waals surface area contributed by atoms with Gasteiger partial charge in [-0.25, -0.2) is 0 Å². The van der Waals surface area contributed by atoms with Gasteiger partial charge in [0.1, 0.15) is 6.07 Å². The van der Waals surface area contributed by atoms with Crippen LogP contribution in [0.25, 0.3) is 0 Å². The van der Waals surface area contributed by atoms with E-state index in [1.165, 1.54) is 26.2 Å². The molecule has 0 saturated carbocycles. The molecule has 6 nitrogen and oxygen atoms in total. The van der Waals surface area contributed by atoms with Gasteiger partial charge in [-0.1, -0.05) is 11.6 Å². The lowest BCUT2D eigenvalue weighted by Gasteiger charge is -2.12. The Kier molecular flexibility index (Phi) is 5.98. The van der Waals surface area contributed by atoms with Gasteiger partial charge in [0.15, 0.2) is 23.9 Å². The average Bonchev–Trinajstić information content (AvgIpc) is 2.59. The van der Waals surface area contributed by atoms with Crippen molar-refractivity contribution >= 4 is 29.0 Å². The number of ketones is 1. The van der Waals surface area contributed by atoms with Crippen molar-refractivity contribution in [1.29, 1.82) is 5.26 Å². The topological polar surface area (TPSA) is 88.4 Å². The van der Waals surface area contributed by atoms with Crippen LogP contribution in [-0.4, -0.2) is 25.4 Å². The Balaban J connectivity index is 2.07. The number of anilines is 1. The minimum absolute atomic E-state index is 0.104. The van der Waals surface area contributed by atoms with Crippen molar-refractivity contribution in [2.45, 2.75) is 6.92 Å². The standard InChI is InChI=1S/C18H15ClN2O4/c1-11(22)12-4-6-16(17(7-12)24-2)25-10-18(23)21-15-8-14(19)5-3-13(15)9-20/h3-8H,10H2,1-2H3,(H,21,23). The Morgan fingerprint density at radius 2 is 1.96 bits per heavy atom. The van der Waals surface area contributed by atoms with Crippen LogP contribution in [-0.2, 0) is 4.79 Å². The Hall–Kier alpha value is -3.04. The van der Waals surface area contributed by atoms with E-state index in [0.29, 0.717) is 33.3 Å². The number of rotatable bonds is 6. The lowest BCUT2D eigenvalue weighted by Crippen LogP contribution is -2.21. The molecular formula is C18H15ClN2O4. The van der Waals surface area contributed by atoms with Gasteiger partial charge in [-0.15, -0.1) is 0 Å². The monoisotopic (exact) mass is 358 g/mol. The molecule has 0 aliphatic heterocycles. The quantitative estimate of drug-likeness (QED) is 0.799. The summed E-state index contributed by atoms with van der Waals surface area (Å²) in [5.41, 5.74) is 1.08. The predicted molar refractivity (Wildman–Crippen MR) is 93.3 cm³/mol. The van der Waals surface area contributed by atoms with E-state index in [-0.39, 0.29) is 12.4 Å². The molecule has 0 unspecified atom stereocenters. The Morgan fingerprint density at radius 1 is 1.20 bits per heavy atom. The van der Waals surface area contributed by atoms with E-state index in [9.17, 15) is 9.59 Å². The molecule has 0 spiro atoms. The second-order valence-electron chi connectivity index (χ2n) is 5.06. The van der Waals surface area contributed by atoms with E-state index in [1.807, 2.05) is 6.07 Å². The molecule has 0 heterocycles. The third-order valence-electron chi connectivity index (χ3n) is 3.31. The van der Waals surface area contributed by atoms with Crippen molar-refractivity contribution in [1.82, 2.24) is 0 Å². The zero-order chi connectivity index (χ0) is 18.4. The van der Waals surface area contributed by atoms with Gasteiger partial charge < -0.3 is 14.8 Å². The first kappa shape index (κ1) is 18.3. The van der Waals surface area contributed by atoms with Crippen molar-refractivity contribution < 1.29 is 19.1 Å². The Morgan fingerprint density at radius 3 is 2.60 bits per heavy atom. The SMILES string of the molecule is COc1cc(C(C)=O)ccc1OCC(=O)Nc1cc(Cl)ccc1C#N. The van der Waals surface area contributed by atoms with Gasteiger partial charge in [-0.2, -0.15) is 5.26 Å². The number of nitriles is 1. The summed E-state index contributed by atoms with van der Waals surface area (Å²) in [6, 6.07) is 11.2. The number of nitrogens with zero attached hydrogens (tertiary/aromatic N) is 1. The Bertz CT molecular complexity index is 859. The molecule has 0 radical (unpaired) electrons. The zero-order valence-corrected chi connectivity index (χ0v) is 14.4. The van der Waals surface area contributed by atoms with Gasteiger partial charge in [0.2, 0.25) is 0 Å². The number of Topliss-reactive ketones (excluding diaryl/α,β-unsaturated/α-hetero) is 1. The number of carbonyl (C=O) groups excluding carboxylic acids is 2. The van der Waals surface area contributed by atoms with E-state index in [0.717, 1.165) is 0 Å². The van der Waals surface area contributed by atoms with Crippen molar-refractivity contribution in [2.75, 3.05) is 19.0 Å². The molecule has 1 N–H and O–H groups in total. The van der Waals surface area contributed by atoms with Gasteiger partial charge in [-0.05, 0) is 43.3 Å². The normalized spacial score (nSPS) is 9.84. The minimum atomic E-state index is -0.462. The molecule has 0 fully saturated rings. The van der Waals surface area contributed by atoms with Crippen molar-refractivity contribution in [3.05, 3.63) is 52.5 Å². The Labute approximate surface area is 149 Å². The summed E-state index contributed by atoms with van der Waals surface area (Å²) in [5.74, 6) is 0.110. The maximum atomic E-state index is 12.1. The number of ether oxygens (including phenoxy) is 2. The van der Waals surface area contributed by atoms with E-state index >= 15 is 0 Å². The molecule has 128 valence electrons. The molecular weight excluding hydrogens is 344 g/mol. The van der Waals surface area contributed by atoms with E-state index in [2.05, 4.69) is 5.32 Å². The van der Waals surface area contributed by atoms with Crippen LogP contribution in [0.2, 0.25) is 5.02 Å². The highest BCUT2D eigenvalue weighted by Gasteiger charge is 2.12. The molecule has 25 heavy (non-hydrogen) atoms. The van der Waals surface area contributed by atoms with Gasteiger partial charge >= 0.3 is 0 Å². The van der Waals surface area contributed by atoms with Crippen LogP contribution in [0.5, 0.6) is 11.5 Å². The van der Waals surface area contributed by atoms with Gasteiger partial charge in [-0.3, -0.25) is 9.59 Å². The third-order valence-corrected chi connectivity index (χ3v) is 3.54. The van der Waals surface area contributed by atoms with Crippen LogP contribution in [0.15, 0.2) is 36.4 Å². The van der Waals surface area contributed by atoms with Crippen LogP contribution in [0.4, 0.5) is 5.69 Å². The summed E-state index contributed by atoms with van der Waals surface area (Å²) < 4.78 is 10.6. The van der Waals surface area contributed by atoms with E-state index in [4.69, 9.17) is 26.3 Å². The fraction of sp³-hybridized carbons (Fsp3) is 0.167. The van der Waals surface area contributed by atoms with Gasteiger partial charge in [0, 0.05) is 10.6 Å². The van der Waals surface area contributed by atoms with Crippen molar-refractivity contribution in [3.8, 4) is 17.6 Å². The number of methoxy groups -OCH3 is 1. The molecule has 0 aliphatic carbocycles. The molecule has 2 rings (SSSR count). The molecule has 0 bridgehead atoms. The average molecular weight is 359 g/mol. The fourth-order valence-electron chi connectivity index (χ4n) is 2.05. The third kappa shape index (κ3) is 4.72. The van der Waals surface area contributed by atoms with Gasteiger partial charge in [0.05, 0.1) is 18.4 Å². The second-order valence-corrected chi connectivity index (χ2v) is 5.50. The highest BCUT2D eigenvalue weighted by Crippen LogP contribution is 2.28.